The molecule has 0 saturated carbocycles. The van der Waals surface area contributed by atoms with Crippen molar-refractivity contribution in [1.82, 2.24) is 5.32 Å². The highest BCUT2D eigenvalue weighted by Crippen LogP contribution is 2.36. The zero-order chi connectivity index (χ0) is 15.5. The molecule has 3 N–H and O–H groups in total. The SMILES string of the molecule is CNC(C)(CC(C)Sc1ccc2c(c1)OCCO2)C(N)=O. The van der Waals surface area contributed by atoms with Gasteiger partial charge in [0.1, 0.15) is 13.2 Å². The van der Waals surface area contributed by atoms with Crippen LogP contribution in [0.25, 0.3) is 0 Å². The Hall–Kier alpha value is -1.40. The number of hydrogen-bond donors (Lipinski definition) is 2. The highest BCUT2D eigenvalue weighted by atomic mass is 32.2. The fourth-order valence-electron chi connectivity index (χ4n) is 2.27. The summed E-state index contributed by atoms with van der Waals surface area (Å²) in [4.78, 5) is 12.6. The normalized spacial score (nSPS) is 17.9. The Morgan fingerprint density at radius 2 is 2.10 bits per heavy atom. The van der Waals surface area contributed by atoms with Gasteiger partial charge in [-0.1, -0.05) is 6.92 Å². The largest absolute Gasteiger partial charge is 0.486 e. The molecule has 0 aromatic heterocycles. The second-order valence-corrected chi connectivity index (χ2v) is 6.90. The summed E-state index contributed by atoms with van der Waals surface area (Å²) in [7, 11) is 1.76. The van der Waals surface area contributed by atoms with Gasteiger partial charge in [0.2, 0.25) is 5.91 Å². The molecular weight excluding hydrogens is 288 g/mol. The standard InChI is InChI=1S/C15H22N2O3S/c1-10(9-15(2,17-3)14(16)18)21-11-4-5-12-13(8-11)20-7-6-19-12/h4-5,8,10,17H,6-7,9H2,1-3H3,(H2,16,18). The van der Waals surface area contributed by atoms with Crippen molar-refractivity contribution in [3.05, 3.63) is 18.2 Å². The van der Waals surface area contributed by atoms with Crippen molar-refractivity contribution >= 4 is 17.7 Å². The molecule has 1 aliphatic rings. The molecule has 1 heterocycles. The number of ether oxygens (including phenoxy) is 2. The Balaban J connectivity index is 2.02. The number of carbonyl (C=O) groups is 1. The molecule has 6 heteroatoms. The molecule has 2 rings (SSSR count). The molecule has 21 heavy (non-hydrogen) atoms. The van der Waals surface area contributed by atoms with Gasteiger partial charge >= 0.3 is 0 Å². The third-order valence-electron chi connectivity index (χ3n) is 3.64. The number of nitrogens with one attached hydrogen (secondary N) is 1. The van der Waals surface area contributed by atoms with Crippen molar-refractivity contribution in [1.29, 1.82) is 0 Å². The van der Waals surface area contributed by atoms with Crippen molar-refractivity contribution in [2.24, 2.45) is 5.73 Å². The molecule has 5 nitrogen and oxygen atoms in total. The van der Waals surface area contributed by atoms with Crippen LogP contribution in [-0.4, -0.2) is 37.0 Å². The summed E-state index contributed by atoms with van der Waals surface area (Å²) in [5, 5.41) is 3.25. The number of hydrogen-bond acceptors (Lipinski definition) is 5. The zero-order valence-electron chi connectivity index (χ0n) is 12.6. The summed E-state index contributed by atoms with van der Waals surface area (Å²) in [5.74, 6) is 1.24. The van der Waals surface area contributed by atoms with Crippen molar-refractivity contribution in [3.8, 4) is 11.5 Å². The number of thioether (sulfide) groups is 1. The van der Waals surface area contributed by atoms with Gasteiger partial charge in [0.15, 0.2) is 11.5 Å². The van der Waals surface area contributed by atoms with Crippen LogP contribution in [0.2, 0.25) is 0 Å². The van der Waals surface area contributed by atoms with E-state index in [0.29, 0.717) is 19.6 Å². The fraction of sp³-hybridized carbons (Fsp3) is 0.533. The van der Waals surface area contributed by atoms with E-state index >= 15 is 0 Å². The van der Waals surface area contributed by atoms with E-state index in [2.05, 4.69) is 12.2 Å². The number of nitrogens with two attached hydrogens (primary N) is 1. The van der Waals surface area contributed by atoms with Gasteiger partial charge in [0.25, 0.3) is 0 Å². The summed E-state index contributed by atoms with van der Waals surface area (Å²) in [6.07, 6.45) is 0.651. The molecule has 0 saturated heterocycles. The Labute approximate surface area is 129 Å². The number of primary amides is 1. The topological polar surface area (TPSA) is 73.6 Å². The fourth-order valence-corrected chi connectivity index (χ4v) is 3.47. The molecule has 0 aliphatic carbocycles. The monoisotopic (exact) mass is 310 g/mol. The van der Waals surface area contributed by atoms with Crippen LogP contribution in [0.3, 0.4) is 0 Å². The molecule has 2 unspecified atom stereocenters. The minimum Gasteiger partial charge on any atom is -0.486 e. The van der Waals surface area contributed by atoms with Gasteiger partial charge in [-0.3, -0.25) is 4.79 Å². The van der Waals surface area contributed by atoms with Crippen LogP contribution in [0.1, 0.15) is 20.3 Å². The van der Waals surface area contributed by atoms with E-state index < -0.39 is 5.54 Å². The van der Waals surface area contributed by atoms with Gasteiger partial charge < -0.3 is 20.5 Å². The highest BCUT2D eigenvalue weighted by molar-refractivity contribution is 8.00. The molecule has 0 radical (unpaired) electrons. The number of amides is 1. The molecule has 0 bridgehead atoms. The summed E-state index contributed by atoms with van der Waals surface area (Å²) >= 11 is 1.69. The summed E-state index contributed by atoms with van der Waals surface area (Å²) in [5.41, 5.74) is 4.77. The number of likely N-dealkylation sites (N-methyl/N-ethyl adjacent to an activating group) is 1. The lowest BCUT2D eigenvalue weighted by Gasteiger charge is -2.28. The summed E-state index contributed by atoms with van der Waals surface area (Å²) < 4.78 is 11.1. The van der Waals surface area contributed by atoms with Crippen molar-refractivity contribution in [2.75, 3.05) is 20.3 Å². The van der Waals surface area contributed by atoms with Crippen LogP contribution in [0.15, 0.2) is 23.1 Å². The van der Waals surface area contributed by atoms with Crippen LogP contribution in [0.5, 0.6) is 11.5 Å². The maximum atomic E-state index is 11.5. The van der Waals surface area contributed by atoms with E-state index in [0.717, 1.165) is 16.4 Å². The lowest BCUT2D eigenvalue weighted by atomic mass is 9.95. The number of rotatable bonds is 6. The van der Waals surface area contributed by atoms with Gasteiger partial charge in [-0.2, -0.15) is 0 Å². The van der Waals surface area contributed by atoms with Crippen LogP contribution >= 0.6 is 11.8 Å². The van der Waals surface area contributed by atoms with Crippen LogP contribution in [0.4, 0.5) is 0 Å². The van der Waals surface area contributed by atoms with E-state index in [-0.39, 0.29) is 11.2 Å². The quantitative estimate of drug-likeness (QED) is 0.784. The van der Waals surface area contributed by atoms with Crippen molar-refractivity contribution < 1.29 is 14.3 Å². The number of fused-ring (bicyclic) bond motifs is 1. The Kier molecular flexibility index (Phi) is 5.00. The molecule has 1 aromatic rings. The lowest BCUT2D eigenvalue weighted by molar-refractivity contribution is -0.123. The first-order chi connectivity index (χ1) is 9.94. The van der Waals surface area contributed by atoms with Crippen LogP contribution in [0, 0.1) is 0 Å². The van der Waals surface area contributed by atoms with Gasteiger partial charge in [0, 0.05) is 10.1 Å². The average molecular weight is 310 g/mol. The Bertz CT molecular complexity index is 524. The minimum atomic E-state index is -0.694. The molecule has 2 atom stereocenters. The predicted molar refractivity (Wildman–Crippen MR) is 84.0 cm³/mol. The number of carbonyl (C=O) groups excluding carboxylic acids is 1. The molecule has 1 amide bonds. The third-order valence-corrected chi connectivity index (χ3v) is 4.74. The Morgan fingerprint density at radius 1 is 1.43 bits per heavy atom. The van der Waals surface area contributed by atoms with Gasteiger partial charge in [0.05, 0.1) is 5.54 Å². The first kappa shape index (κ1) is 16.0. The van der Waals surface area contributed by atoms with Crippen LogP contribution in [-0.2, 0) is 4.79 Å². The second kappa shape index (κ2) is 6.58. The maximum Gasteiger partial charge on any atom is 0.237 e. The predicted octanol–water partition coefficient (Wildman–Crippen LogP) is 1.79. The van der Waals surface area contributed by atoms with E-state index in [9.17, 15) is 4.79 Å². The smallest absolute Gasteiger partial charge is 0.237 e. The first-order valence-corrected chi connectivity index (χ1v) is 7.88. The van der Waals surface area contributed by atoms with Gasteiger partial charge in [-0.25, -0.2) is 0 Å². The zero-order valence-corrected chi connectivity index (χ0v) is 13.5. The molecule has 116 valence electrons. The van der Waals surface area contributed by atoms with E-state index in [1.165, 1.54) is 0 Å². The van der Waals surface area contributed by atoms with E-state index in [4.69, 9.17) is 15.2 Å². The van der Waals surface area contributed by atoms with Crippen molar-refractivity contribution in [3.63, 3.8) is 0 Å². The summed E-state index contributed by atoms with van der Waals surface area (Å²) in [6, 6.07) is 5.92. The molecule has 0 spiro atoms. The minimum absolute atomic E-state index is 0.234. The molecule has 1 aliphatic heterocycles. The maximum absolute atomic E-state index is 11.5. The Morgan fingerprint density at radius 3 is 2.71 bits per heavy atom. The average Bonchev–Trinajstić information content (AvgIpc) is 2.46. The first-order valence-electron chi connectivity index (χ1n) is 7.00. The second-order valence-electron chi connectivity index (χ2n) is 5.38. The molecular formula is C15H22N2O3S. The van der Waals surface area contributed by atoms with E-state index in [1.807, 2.05) is 25.1 Å². The highest BCUT2D eigenvalue weighted by Gasteiger charge is 2.31. The van der Waals surface area contributed by atoms with Gasteiger partial charge in [-0.15, -0.1) is 11.8 Å². The van der Waals surface area contributed by atoms with E-state index in [1.54, 1.807) is 18.8 Å². The lowest BCUT2D eigenvalue weighted by Crippen LogP contribution is -2.52. The van der Waals surface area contributed by atoms with Gasteiger partial charge in [-0.05, 0) is 38.6 Å². The van der Waals surface area contributed by atoms with Crippen LogP contribution < -0.4 is 20.5 Å². The summed E-state index contributed by atoms with van der Waals surface area (Å²) in [6.45, 7) is 5.08. The molecule has 0 fully saturated rings. The van der Waals surface area contributed by atoms with Crippen molar-refractivity contribution in [2.45, 2.75) is 36.0 Å². The molecule has 1 aromatic carbocycles. The third kappa shape index (κ3) is 3.83. The number of benzene rings is 1.